The highest BCUT2D eigenvalue weighted by molar-refractivity contribution is 7.27. The molecule has 8 nitrogen and oxygen atoms in total. The normalized spacial score (nSPS) is 16.8. The maximum atomic E-state index is 13.4. The lowest BCUT2D eigenvalue weighted by Crippen LogP contribution is -2.53. The Bertz CT molecular complexity index is 1180. The number of hydrogen-bond acceptors (Lipinski definition) is 4. The van der Waals surface area contributed by atoms with Crippen LogP contribution in [-0.4, -0.2) is 51.2 Å². The largest absolute Gasteiger partial charge is 0.368 e. The second-order valence-corrected chi connectivity index (χ2v) is 8.89. The first-order valence-electron chi connectivity index (χ1n) is 10.2. The van der Waals surface area contributed by atoms with E-state index < -0.39 is 23.9 Å². The van der Waals surface area contributed by atoms with E-state index in [1.807, 2.05) is 24.3 Å². The molecule has 3 amide bonds. The van der Waals surface area contributed by atoms with Crippen LogP contribution in [0.1, 0.15) is 28.9 Å². The lowest BCUT2D eigenvalue weighted by atomic mass is 10.0. The number of primary amides is 1. The highest BCUT2D eigenvalue weighted by Crippen LogP contribution is 2.21. The molecule has 0 bridgehead atoms. The number of nitrogens with two attached hydrogens (primary N) is 1. The van der Waals surface area contributed by atoms with Gasteiger partial charge < -0.3 is 20.9 Å². The number of aromatic amines is 1. The number of hydrogen-bond donors (Lipinski definition) is 3. The Kier molecular flexibility index (Phi) is 6.44. The first-order chi connectivity index (χ1) is 15.3. The second-order valence-electron chi connectivity index (χ2n) is 7.84. The van der Waals surface area contributed by atoms with Gasteiger partial charge in [0.15, 0.2) is 0 Å². The maximum absolute atomic E-state index is 13.4. The first kappa shape index (κ1) is 22.2. The van der Waals surface area contributed by atoms with Crippen molar-refractivity contribution in [3.8, 4) is 0 Å². The molecule has 1 aromatic carbocycles. The van der Waals surface area contributed by atoms with Gasteiger partial charge >= 0.3 is 0 Å². The van der Waals surface area contributed by atoms with Crippen molar-refractivity contribution in [1.82, 2.24) is 20.2 Å². The van der Waals surface area contributed by atoms with Crippen molar-refractivity contribution in [3.63, 3.8) is 0 Å². The molecule has 1 saturated heterocycles. The van der Waals surface area contributed by atoms with Crippen LogP contribution in [0.25, 0.3) is 10.9 Å². The van der Waals surface area contributed by atoms with Gasteiger partial charge in [-0.05, 0) is 35.8 Å². The summed E-state index contributed by atoms with van der Waals surface area (Å²) in [6.07, 6.45) is 3.05. The second kappa shape index (κ2) is 9.27. The smallest absolute Gasteiger partial charge is 0.268 e. The predicted molar refractivity (Wildman–Crippen MR) is 126 cm³/mol. The van der Waals surface area contributed by atoms with E-state index in [9.17, 15) is 14.4 Å². The van der Waals surface area contributed by atoms with E-state index in [4.69, 9.17) is 17.3 Å². The van der Waals surface area contributed by atoms with E-state index in [0.717, 1.165) is 16.3 Å². The molecule has 0 saturated carbocycles. The zero-order valence-electron chi connectivity index (χ0n) is 17.2. The highest BCUT2D eigenvalue weighted by Gasteiger charge is 2.36. The molecule has 3 atom stereocenters. The fraction of sp³-hybridized carbons (Fsp3) is 0.273. The summed E-state index contributed by atoms with van der Waals surface area (Å²) in [5, 5.41) is 4.91. The monoisotopic (exact) mass is 471 g/mol. The zero-order chi connectivity index (χ0) is 22.8. The third-order valence-corrected chi connectivity index (χ3v) is 6.20. The quantitative estimate of drug-likeness (QED) is 0.373. The van der Waals surface area contributed by atoms with Gasteiger partial charge in [0, 0.05) is 18.4 Å². The van der Waals surface area contributed by atoms with Gasteiger partial charge in [-0.2, -0.15) is 0 Å². The van der Waals surface area contributed by atoms with E-state index in [1.165, 1.54) is 4.90 Å². The minimum atomic E-state index is -0.856. The van der Waals surface area contributed by atoms with Crippen molar-refractivity contribution in [1.29, 1.82) is 0 Å². The molecule has 0 aliphatic carbocycles. The Labute approximate surface area is 192 Å². The van der Waals surface area contributed by atoms with Crippen LogP contribution < -0.4 is 16.4 Å². The van der Waals surface area contributed by atoms with Crippen molar-refractivity contribution in [3.05, 3.63) is 59.0 Å². The third-order valence-electron chi connectivity index (χ3n) is 5.60. The van der Waals surface area contributed by atoms with Crippen molar-refractivity contribution in [2.24, 2.45) is 5.73 Å². The molecule has 3 aromatic rings. The lowest BCUT2D eigenvalue weighted by molar-refractivity contribution is -0.138. The number of halogens is 1. The minimum Gasteiger partial charge on any atom is -0.368 e. The van der Waals surface area contributed by atoms with Crippen LogP contribution in [0.3, 0.4) is 0 Å². The molecule has 0 radical (unpaired) electrons. The minimum absolute atomic E-state index is 0.283. The Hall–Kier alpha value is -2.96. The van der Waals surface area contributed by atoms with Gasteiger partial charge in [0.2, 0.25) is 11.8 Å². The van der Waals surface area contributed by atoms with Crippen molar-refractivity contribution >= 4 is 54.8 Å². The summed E-state index contributed by atoms with van der Waals surface area (Å²) in [4.78, 5) is 46.7. The number of likely N-dealkylation sites (tertiary alicyclic amines) is 1. The molecule has 4 N–H and O–H groups in total. The zero-order valence-corrected chi connectivity index (χ0v) is 19.1. The summed E-state index contributed by atoms with van der Waals surface area (Å²) in [5.41, 5.74) is 7.33. The number of carbonyl (C=O) groups is 3. The van der Waals surface area contributed by atoms with Gasteiger partial charge in [0.25, 0.3) is 5.91 Å². The number of amides is 3. The van der Waals surface area contributed by atoms with Gasteiger partial charge in [0.1, 0.15) is 22.9 Å². The fourth-order valence-corrected chi connectivity index (χ4v) is 4.34. The Morgan fingerprint density at radius 2 is 2.03 bits per heavy atom. The fourth-order valence-electron chi connectivity index (χ4n) is 3.98. The van der Waals surface area contributed by atoms with Gasteiger partial charge in [0.05, 0.1) is 11.7 Å². The summed E-state index contributed by atoms with van der Waals surface area (Å²) in [7, 11) is 2.61. The SMILES string of the molecule is NC(=O)C1CCCN1C(=O)[C@H](Cc1ccc(P)cc1)NC(=O)c1cc2cc(Cl)ncc2[nH]1. The molecule has 0 spiro atoms. The molecule has 3 heterocycles. The topological polar surface area (TPSA) is 121 Å². The standard InChI is InChI=1S/C22H23ClN5O3P/c23-19-10-13-9-15(26-17(13)11-25-19)21(30)27-16(8-12-3-5-14(32)6-4-12)22(31)28-7-1-2-18(28)20(24)29/h3-6,9-11,16,18,26H,1-2,7-8,32H2,(H2,24,29)(H,27,30)/t16-,18?/m0/s1. The number of nitrogens with one attached hydrogen (secondary N) is 2. The van der Waals surface area contributed by atoms with Crippen LogP contribution in [0.2, 0.25) is 5.15 Å². The number of H-pyrrole nitrogens is 1. The van der Waals surface area contributed by atoms with E-state index in [-0.39, 0.29) is 18.0 Å². The summed E-state index contributed by atoms with van der Waals surface area (Å²) < 4.78 is 0. The average molecular weight is 472 g/mol. The average Bonchev–Trinajstić information content (AvgIpc) is 3.41. The van der Waals surface area contributed by atoms with E-state index >= 15 is 0 Å². The number of fused-ring (bicyclic) bond motifs is 1. The van der Waals surface area contributed by atoms with Gasteiger partial charge in [-0.3, -0.25) is 14.4 Å². The van der Waals surface area contributed by atoms with Gasteiger partial charge in [-0.25, -0.2) is 4.98 Å². The molecule has 32 heavy (non-hydrogen) atoms. The van der Waals surface area contributed by atoms with E-state index in [2.05, 4.69) is 24.5 Å². The van der Waals surface area contributed by atoms with Crippen LogP contribution in [0, 0.1) is 0 Å². The molecular formula is C22H23ClN5O3P. The molecule has 1 aliphatic heterocycles. The Morgan fingerprint density at radius 3 is 2.75 bits per heavy atom. The number of aromatic nitrogens is 2. The van der Waals surface area contributed by atoms with Gasteiger partial charge in [-0.1, -0.05) is 35.9 Å². The molecular weight excluding hydrogens is 449 g/mol. The summed E-state index contributed by atoms with van der Waals surface area (Å²) in [6.45, 7) is 0.430. The number of rotatable bonds is 6. The van der Waals surface area contributed by atoms with Crippen molar-refractivity contribution in [2.45, 2.75) is 31.3 Å². The van der Waals surface area contributed by atoms with Crippen LogP contribution in [0.5, 0.6) is 0 Å². The summed E-state index contributed by atoms with van der Waals surface area (Å²) in [6, 6.07) is 9.44. The van der Waals surface area contributed by atoms with Crippen molar-refractivity contribution < 1.29 is 14.4 Å². The van der Waals surface area contributed by atoms with E-state index in [0.29, 0.717) is 30.1 Å². The van der Waals surface area contributed by atoms with E-state index in [1.54, 1.807) is 18.3 Å². The number of pyridine rings is 1. The molecule has 2 unspecified atom stereocenters. The predicted octanol–water partition coefficient (Wildman–Crippen LogP) is 1.53. The molecule has 2 aromatic heterocycles. The molecule has 166 valence electrons. The Morgan fingerprint density at radius 1 is 1.28 bits per heavy atom. The third kappa shape index (κ3) is 4.76. The lowest BCUT2D eigenvalue weighted by Gasteiger charge is -2.28. The maximum Gasteiger partial charge on any atom is 0.268 e. The van der Waals surface area contributed by atoms with Crippen molar-refractivity contribution in [2.75, 3.05) is 6.54 Å². The van der Waals surface area contributed by atoms with Crippen LogP contribution >= 0.6 is 20.8 Å². The van der Waals surface area contributed by atoms with Crippen LogP contribution in [0.4, 0.5) is 0 Å². The highest BCUT2D eigenvalue weighted by atomic mass is 35.5. The molecule has 1 aliphatic rings. The summed E-state index contributed by atoms with van der Waals surface area (Å²) >= 11 is 5.93. The van der Waals surface area contributed by atoms with Crippen LogP contribution in [0.15, 0.2) is 42.6 Å². The number of benzene rings is 1. The summed E-state index contributed by atoms with van der Waals surface area (Å²) in [5.74, 6) is -1.29. The number of nitrogens with zero attached hydrogens (tertiary/aromatic N) is 2. The van der Waals surface area contributed by atoms with Gasteiger partial charge in [-0.15, -0.1) is 9.24 Å². The number of carbonyl (C=O) groups excluding carboxylic acids is 3. The Balaban J connectivity index is 1.59. The molecule has 1 fully saturated rings. The molecule has 10 heteroatoms. The first-order valence-corrected chi connectivity index (χ1v) is 11.2. The molecule has 4 rings (SSSR count). The van der Waals surface area contributed by atoms with Crippen LogP contribution in [-0.2, 0) is 16.0 Å².